The number of benzene rings is 1. The molecule has 0 radical (unpaired) electrons. The van der Waals surface area contributed by atoms with Gasteiger partial charge in [-0.2, -0.15) is 4.68 Å². The summed E-state index contributed by atoms with van der Waals surface area (Å²) in [6.45, 7) is 0.920. The van der Waals surface area contributed by atoms with Gasteiger partial charge >= 0.3 is 5.97 Å². The van der Waals surface area contributed by atoms with Crippen molar-refractivity contribution in [2.75, 3.05) is 13.1 Å². The first-order valence-electron chi connectivity index (χ1n) is 9.19. The van der Waals surface area contributed by atoms with E-state index in [9.17, 15) is 9.59 Å². The number of nitrogens with one attached hydrogen (secondary N) is 1. The fourth-order valence-corrected chi connectivity index (χ4v) is 3.55. The normalized spacial score (nSPS) is 21.7. The van der Waals surface area contributed by atoms with Crippen molar-refractivity contribution in [2.24, 2.45) is 5.92 Å². The lowest BCUT2D eigenvalue weighted by Crippen LogP contribution is -2.55. The first kappa shape index (κ1) is 17.6. The number of carboxylic acid groups (broad SMARTS) is 1. The standard InChI is InChI=1S/C18H22N6O3/c25-17(26)10-23(9-12-5-6-12)14-7-13(8-14)20-18(27)15-3-1-2-4-16(15)24-11-19-21-22-24/h1-4,11-14H,5-10H2,(H,20,27)(H,25,26). The highest BCUT2D eigenvalue weighted by Gasteiger charge is 2.38. The number of aromatic nitrogens is 4. The minimum absolute atomic E-state index is 0.0555. The quantitative estimate of drug-likeness (QED) is 0.704. The molecule has 27 heavy (non-hydrogen) atoms. The van der Waals surface area contributed by atoms with Crippen molar-refractivity contribution in [3.8, 4) is 5.69 Å². The maximum atomic E-state index is 12.7. The lowest BCUT2D eigenvalue weighted by molar-refractivity contribution is -0.139. The lowest BCUT2D eigenvalue weighted by Gasteiger charge is -2.42. The molecule has 2 N–H and O–H groups in total. The van der Waals surface area contributed by atoms with Crippen molar-refractivity contribution in [3.05, 3.63) is 36.2 Å². The molecule has 142 valence electrons. The third-order valence-electron chi connectivity index (χ3n) is 5.24. The van der Waals surface area contributed by atoms with E-state index >= 15 is 0 Å². The number of para-hydroxylation sites is 1. The maximum Gasteiger partial charge on any atom is 0.317 e. The molecular weight excluding hydrogens is 348 g/mol. The Morgan fingerprint density at radius 3 is 2.70 bits per heavy atom. The van der Waals surface area contributed by atoms with Gasteiger partial charge in [-0.1, -0.05) is 12.1 Å². The Kier molecular flexibility index (Phi) is 4.85. The van der Waals surface area contributed by atoms with Gasteiger partial charge in [-0.15, -0.1) is 5.10 Å². The zero-order chi connectivity index (χ0) is 18.8. The molecular formula is C18H22N6O3. The maximum absolute atomic E-state index is 12.7. The number of carboxylic acids is 1. The number of rotatable bonds is 8. The number of tetrazole rings is 1. The van der Waals surface area contributed by atoms with Crippen molar-refractivity contribution in [1.82, 2.24) is 30.4 Å². The van der Waals surface area contributed by atoms with Crippen LogP contribution in [-0.4, -0.2) is 67.3 Å². The third kappa shape index (κ3) is 4.13. The molecule has 0 spiro atoms. The summed E-state index contributed by atoms with van der Waals surface area (Å²) in [4.78, 5) is 25.9. The fraction of sp³-hybridized carbons (Fsp3) is 0.500. The average molecular weight is 370 g/mol. The molecule has 2 aliphatic rings. The number of amides is 1. The molecule has 2 fully saturated rings. The van der Waals surface area contributed by atoms with Crippen molar-refractivity contribution in [2.45, 2.75) is 37.8 Å². The molecule has 1 amide bonds. The summed E-state index contributed by atoms with van der Waals surface area (Å²) in [5, 5.41) is 23.3. The SMILES string of the molecule is O=C(O)CN(CC1CC1)C1CC(NC(=O)c2ccccc2-n2cnnn2)C1. The van der Waals surface area contributed by atoms with Crippen LogP contribution in [0.3, 0.4) is 0 Å². The molecule has 2 aromatic rings. The molecule has 9 heteroatoms. The van der Waals surface area contributed by atoms with Crippen LogP contribution in [0.1, 0.15) is 36.0 Å². The van der Waals surface area contributed by atoms with E-state index in [1.165, 1.54) is 23.9 Å². The van der Waals surface area contributed by atoms with E-state index in [0.717, 1.165) is 19.4 Å². The van der Waals surface area contributed by atoms with Crippen LogP contribution in [0, 0.1) is 5.92 Å². The lowest BCUT2D eigenvalue weighted by atomic mass is 9.85. The van der Waals surface area contributed by atoms with E-state index in [0.29, 0.717) is 17.2 Å². The van der Waals surface area contributed by atoms with Crippen LogP contribution in [-0.2, 0) is 4.79 Å². The van der Waals surface area contributed by atoms with Gasteiger partial charge in [-0.05, 0) is 54.2 Å². The number of carbonyl (C=O) groups excluding carboxylic acids is 1. The molecule has 1 heterocycles. The topological polar surface area (TPSA) is 113 Å². The van der Waals surface area contributed by atoms with Gasteiger partial charge in [-0.3, -0.25) is 14.5 Å². The van der Waals surface area contributed by atoms with Crippen molar-refractivity contribution in [3.63, 3.8) is 0 Å². The van der Waals surface area contributed by atoms with Crippen LogP contribution in [0.15, 0.2) is 30.6 Å². The van der Waals surface area contributed by atoms with Crippen LogP contribution in [0.25, 0.3) is 5.69 Å². The van der Waals surface area contributed by atoms with Crippen LogP contribution < -0.4 is 5.32 Å². The molecule has 4 rings (SSSR count). The monoisotopic (exact) mass is 370 g/mol. The summed E-state index contributed by atoms with van der Waals surface area (Å²) >= 11 is 0. The van der Waals surface area contributed by atoms with Crippen LogP contribution >= 0.6 is 0 Å². The van der Waals surface area contributed by atoms with Gasteiger partial charge in [0.25, 0.3) is 5.91 Å². The number of aliphatic carboxylic acids is 1. The second kappa shape index (κ2) is 7.43. The third-order valence-corrected chi connectivity index (χ3v) is 5.24. The summed E-state index contributed by atoms with van der Waals surface area (Å²) in [6.07, 6.45) is 5.39. The predicted octanol–water partition coefficient (Wildman–Crippen LogP) is 0.720. The van der Waals surface area contributed by atoms with Gasteiger partial charge in [0.05, 0.1) is 17.8 Å². The van der Waals surface area contributed by atoms with Gasteiger partial charge in [0.1, 0.15) is 6.33 Å². The van der Waals surface area contributed by atoms with E-state index in [1.807, 2.05) is 6.07 Å². The molecule has 1 aromatic heterocycles. The molecule has 0 aliphatic heterocycles. The largest absolute Gasteiger partial charge is 0.480 e. The molecule has 1 aromatic carbocycles. The van der Waals surface area contributed by atoms with E-state index in [-0.39, 0.29) is 24.5 Å². The second-order valence-electron chi connectivity index (χ2n) is 7.33. The van der Waals surface area contributed by atoms with Gasteiger partial charge < -0.3 is 10.4 Å². The van der Waals surface area contributed by atoms with Crippen molar-refractivity contribution in [1.29, 1.82) is 0 Å². The van der Waals surface area contributed by atoms with Crippen molar-refractivity contribution < 1.29 is 14.7 Å². The fourth-order valence-electron chi connectivity index (χ4n) is 3.55. The molecule has 9 nitrogen and oxygen atoms in total. The summed E-state index contributed by atoms with van der Waals surface area (Å²) in [7, 11) is 0. The summed E-state index contributed by atoms with van der Waals surface area (Å²) in [5.41, 5.74) is 1.13. The van der Waals surface area contributed by atoms with Crippen molar-refractivity contribution >= 4 is 11.9 Å². The van der Waals surface area contributed by atoms with Gasteiger partial charge in [0.15, 0.2) is 0 Å². The zero-order valence-corrected chi connectivity index (χ0v) is 14.9. The Balaban J connectivity index is 1.36. The van der Waals surface area contributed by atoms with Gasteiger partial charge in [0, 0.05) is 18.6 Å². The Morgan fingerprint density at radius 2 is 2.04 bits per heavy atom. The van der Waals surface area contributed by atoms with E-state index in [2.05, 4.69) is 25.7 Å². The number of nitrogens with zero attached hydrogens (tertiary/aromatic N) is 5. The summed E-state index contributed by atoms with van der Waals surface area (Å²) < 4.78 is 1.46. The minimum Gasteiger partial charge on any atom is -0.480 e. The molecule has 0 saturated heterocycles. The number of hydrogen-bond donors (Lipinski definition) is 2. The summed E-state index contributed by atoms with van der Waals surface area (Å²) in [5.74, 6) is -0.323. The highest BCUT2D eigenvalue weighted by atomic mass is 16.4. The predicted molar refractivity (Wildman–Crippen MR) is 95.4 cm³/mol. The second-order valence-corrected chi connectivity index (χ2v) is 7.33. The Bertz CT molecular complexity index is 814. The van der Waals surface area contributed by atoms with Crippen LogP contribution in [0.4, 0.5) is 0 Å². The molecule has 0 atom stereocenters. The number of carbonyl (C=O) groups is 2. The van der Waals surface area contributed by atoms with Crippen LogP contribution in [0.5, 0.6) is 0 Å². The zero-order valence-electron chi connectivity index (χ0n) is 14.9. The Labute approximate surface area is 156 Å². The van der Waals surface area contributed by atoms with E-state index in [1.54, 1.807) is 18.2 Å². The van der Waals surface area contributed by atoms with E-state index < -0.39 is 5.97 Å². The molecule has 0 bridgehead atoms. The highest BCUT2D eigenvalue weighted by Crippen LogP contribution is 2.33. The number of hydrogen-bond acceptors (Lipinski definition) is 6. The first-order valence-corrected chi connectivity index (χ1v) is 9.19. The molecule has 2 saturated carbocycles. The van der Waals surface area contributed by atoms with Gasteiger partial charge in [-0.25, -0.2) is 0 Å². The Hall–Kier alpha value is -2.81. The first-order chi connectivity index (χ1) is 13.1. The summed E-state index contributed by atoms with van der Waals surface area (Å²) in [6, 6.07) is 7.44. The highest BCUT2D eigenvalue weighted by molar-refractivity contribution is 5.97. The Morgan fingerprint density at radius 1 is 1.26 bits per heavy atom. The van der Waals surface area contributed by atoms with Gasteiger partial charge in [0.2, 0.25) is 0 Å². The average Bonchev–Trinajstić information content (AvgIpc) is 3.26. The molecule has 0 unspecified atom stereocenters. The van der Waals surface area contributed by atoms with Crippen LogP contribution in [0.2, 0.25) is 0 Å². The smallest absolute Gasteiger partial charge is 0.317 e. The minimum atomic E-state index is -0.793. The molecule has 2 aliphatic carbocycles. The van der Waals surface area contributed by atoms with E-state index in [4.69, 9.17) is 5.11 Å².